The maximum absolute atomic E-state index is 9.69. The third-order valence-corrected chi connectivity index (χ3v) is 2.47. The van der Waals surface area contributed by atoms with Crippen LogP contribution < -0.4 is 0 Å². The zero-order valence-corrected chi connectivity index (χ0v) is 8.57. The highest BCUT2D eigenvalue weighted by atomic mass is 35.5. The van der Waals surface area contributed by atoms with Gasteiger partial charge in [-0.25, -0.2) is 4.98 Å². The van der Waals surface area contributed by atoms with Crippen molar-refractivity contribution in [3.63, 3.8) is 0 Å². The second kappa shape index (κ2) is 3.59. The summed E-state index contributed by atoms with van der Waals surface area (Å²) in [6.07, 6.45) is 3.71. The van der Waals surface area contributed by atoms with Crippen molar-refractivity contribution in [2.45, 2.75) is 19.4 Å². The fraction of sp³-hybridized carbons (Fsp3) is 0.300. The molecule has 0 aliphatic rings. The summed E-state index contributed by atoms with van der Waals surface area (Å²) in [6.45, 7) is 1.93. The Morgan fingerprint density at radius 1 is 1.64 bits per heavy atom. The van der Waals surface area contributed by atoms with Gasteiger partial charge in [-0.1, -0.05) is 18.5 Å². The third kappa shape index (κ3) is 1.49. The van der Waals surface area contributed by atoms with E-state index in [4.69, 9.17) is 11.6 Å². The van der Waals surface area contributed by atoms with Crippen molar-refractivity contribution in [2.75, 3.05) is 0 Å². The van der Waals surface area contributed by atoms with E-state index in [-0.39, 0.29) is 0 Å². The molecule has 0 radical (unpaired) electrons. The Kier molecular flexibility index (Phi) is 2.44. The number of nitrogens with zero attached hydrogens (tertiary/aromatic N) is 2. The fourth-order valence-corrected chi connectivity index (χ4v) is 1.59. The van der Waals surface area contributed by atoms with Crippen LogP contribution in [0.1, 0.15) is 25.1 Å². The van der Waals surface area contributed by atoms with Crippen LogP contribution in [0.25, 0.3) is 5.65 Å². The van der Waals surface area contributed by atoms with E-state index in [2.05, 4.69) is 4.98 Å². The molecule has 0 bridgehead atoms. The van der Waals surface area contributed by atoms with Gasteiger partial charge in [-0.3, -0.25) is 0 Å². The molecule has 2 heterocycles. The lowest BCUT2D eigenvalue weighted by molar-refractivity contribution is 0.168. The summed E-state index contributed by atoms with van der Waals surface area (Å²) in [5.41, 5.74) is 1.57. The molecule has 3 nitrogen and oxygen atoms in total. The van der Waals surface area contributed by atoms with E-state index in [1.54, 1.807) is 18.3 Å². The number of aliphatic hydroxyl groups excluding tert-OH is 1. The first-order chi connectivity index (χ1) is 6.72. The van der Waals surface area contributed by atoms with E-state index >= 15 is 0 Å². The molecule has 74 valence electrons. The van der Waals surface area contributed by atoms with E-state index in [9.17, 15) is 5.11 Å². The molecular weight excluding hydrogens is 200 g/mol. The molecule has 1 N–H and O–H groups in total. The van der Waals surface area contributed by atoms with Gasteiger partial charge in [0.1, 0.15) is 5.65 Å². The second-order valence-corrected chi connectivity index (χ2v) is 3.62. The van der Waals surface area contributed by atoms with Gasteiger partial charge in [0.2, 0.25) is 0 Å². The zero-order valence-electron chi connectivity index (χ0n) is 7.81. The van der Waals surface area contributed by atoms with E-state index in [0.29, 0.717) is 11.4 Å². The molecule has 0 saturated heterocycles. The minimum absolute atomic E-state index is 0.467. The van der Waals surface area contributed by atoms with Gasteiger partial charge in [-0.05, 0) is 18.6 Å². The van der Waals surface area contributed by atoms with Crippen LogP contribution >= 0.6 is 11.6 Å². The summed E-state index contributed by atoms with van der Waals surface area (Å²) in [5.74, 6) is 0. The van der Waals surface area contributed by atoms with Gasteiger partial charge in [0.05, 0.1) is 18.0 Å². The molecular formula is C10H11ClN2O. The van der Waals surface area contributed by atoms with Gasteiger partial charge in [0.15, 0.2) is 0 Å². The van der Waals surface area contributed by atoms with Crippen molar-refractivity contribution in [3.05, 3.63) is 35.2 Å². The summed E-state index contributed by atoms with van der Waals surface area (Å²) in [7, 11) is 0. The van der Waals surface area contributed by atoms with Crippen LogP contribution in [0.3, 0.4) is 0 Å². The number of halogens is 1. The normalized spacial score (nSPS) is 13.4. The van der Waals surface area contributed by atoms with Gasteiger partial charge < -0.3 is 9.51 Å². The van der Waals surface area contributed by atoms with Crippen molar-refractivity contribution in [2.24, 2.45) is 0 Å². The SMILES string of the molecule is CCC(O)c1cnc2cc(Cl)ccn12. The van der Waals surface area contributed by atoms with Crippen molar-refractivity contribution < 1.29 is 5.11 Å². The molecule has 2 aromatic rings. The van der Waals surface area contributed by atoms with E-state index in [0.717, 1.165) is 11.3 Å². The second-order valence-electron chi connectivity index (χ2n) is 3.18. The monoisotopic (exact) mass is 210 g/mol. The van der Waals surface area contributed by atoms with Crippen LogP contribution in [-0.4, -0.2) is 14.5 Å². The molecule has 0 aromatic carbocycles. The van der Waals surface area contributed by atoms with E-state index < -0.39 is 6.10 Å². The summed E-state index contributed by atoms with van der Waals surface area (Å²) < 4.78 is 1.85. The van der Waals surface area contributed by atoms with Crippen molar-refractivity contribution in [1.29, 1.82) is 0 Å². The molecule has 0 amide bonds. The highest BCUT2D eigenvalue weighted by molar-refractivity contribution is 6.30. The maximum Gasteiger partial charge on any atom is 0.138 e. The molecule has 0 fully saturated rings. The first-order valence-corrected chi connectivity index (χ1v) is 4.90. The smallest absolute Gasteiger partial charge is 0.138 e. The zero-order chi connectivity index (χ0) is 10.1. The number of hydrogen-bond acceptors (Lipinski definition) is 2. The predicted molar refractivity (Wildman–Crippen MR) is 55.5 cm³/mol. The van der Waals surface area contributed by atoms with Crippen molar-refractivity contribution in [3.8, 4) is 0 Å². The minimum Gasteiger partial charge on any atom is -0.387 e. The number of imidazole rings is 1. The van der Waals surface area contributed by atoms with Gasteiger partial charge in [0.25, 0.3) is 0 Å². The van der Waals surface area contributed by atoms with Crippen LogP contribution in [0, 0.1) is 0 Å². The number of rotatable bonds is 2. The molecule has 0 saturated carbocycles. The first-order valence-electron chi connectivity index (χ1n) is 4.53. The topological polar surface area (TPSA) is 37.5 Å². The summed E-state index contributed by atoms with van der Waals surface area (Å²) in [4.78, 5) is 4.17. The van der Waals surface area contributed by atoms with Gasteiger partial charge >= 0.3 is 0 Å². The third-order valence-electron chi connectivity index (χ3n) is 2.23. The van der Waals surface area contributed by atoms with Gasteiger partial charge in [-0.2, -0.15) is 0 Å². The van der Waals surface area contributed by atoms with Gasteiger partial charge in [0, 0.05) is 11.2 Å². The molecule has 2 rings (SSSR count). The van der Waals surface area contributed by atoms with Crippen molar-refractivity contribution >= 4 is 17.2 Å². The highest BCUT2D eigenvalue weighted by Gasteiger charge is 2.10. The number of pyridine rings is 1. The summed E-state index contributed by atoms with van der Waals surface area (Å²) >= 11 is 5.83. The summed E-state index contributed by atoms with van der Waals surface area (Å²) in [6, 6.07) is 3.55. The predicted octanol–water partition coefficient (Wildman–Crippen LogP) is 2.43. The van der Waals surface area contributed by atoms with Gasteiger partial charge in [-0.15, -0.1) is 0 Å². The first kappa shape index (κ1) is 9.49. The number of fused-ring (bicyclic) bond motifs is 1. The van der Waals surface area contributed by atoms with Crippen LogP contribution in [0.2, 0.25) is 5.02 Å². The Morgan fingerprint density at radius 3 is 3.14 bits per heavy atom. The standard InChI is InChI=1S/C10H11ClN2O/c1-2-9(14)8-6-12-10-5-7(11)3-4-13(8)10/h3-6,9,14H,2H2,1H3. The quantitative estimate of drug-likeness (QED) is 0.827. The Labute approximate surface area is 87.0 Å². The Morgan fingerprint density at radius 2 is 2.43 bits per heavy atom. The molecule has 14 heavy (non-hydrogen) atoms. The van der Waals surface area contributed by atoms with Crippen LogP contribution in [-0.2, 0) is 0 Å². The Hall–Kier alpha value is -1.06. The molecule has 4 heteroatoms. The van der Waals surface area contributed by atoms with Crippen LogP contribution in [0.15, 0.2) is 24.5 Å². The largest absolute Gasteiger partial charge is 0.387 e. The van der Waals surface area contributed by atoms with E-state index in [1.165, 1.54) is 0 Å². The fourth-order valence-electron chi connectivity index (χ4n) is 1.43. The molecule has 0 spiro atoms. The number of aromatic nitrogens is 2. The summed E-state index contributed by atoms with van der Waals surface area (Å²) in [5, 5.41) is 10.3. The number of hydrogen-bond donors (Lipinski definition) is 1. The lowest BCUT2D eigenvalue weighted by Gasteiger charge is -2.06. The molecule has 2 aromatic heterocycles. The highest BCUT2D eigenvalue weighted by Crippen LogP contribution is 2.19. The van der Waals surface area contributed by atoms with Crippen molar-refractivity contribution in [1.82, 2.24) is 9.38 Å². The average Bonchev–Trinajstić information content (AvgIpc) is 2.59. The molecule has 0 aliphatic heterocycles. The van der Waals surface area contributed by atoms with E-state index in [1.807, 2.05) is 17.5 Å². The Balaban J connectivity index is 2.58. The molecule has 0 aliphatic carbocycles. The average molecular weight is 211 g/mol. The van der Waals surface area contributed by atoms with Crippen LogP contribution in [0.5, 0.6) is 0 Å². The van der Waals surface area contributed by atoms with Crippen LogP contribution in [0.4, 0.5) is 0 Å². The molecule has 1 unspecified atom stereocenters. The Bertz CT molecular complexity index is 452. The molecule has 1 atom stereocenters. The lowest BCUT2D eigenvalue weighted by atomic mass is 10.2. The number of aliphatic hydroxyl groups is 1. The maximum atomic E-state index is 9.69. The lowest BCUT2D eigenvalue weighted by Crippen LogP contribution is -1.99. The minimum atomic E-state index is -0.467.